The summed E-state index contributed by atoms with van der Waals surface area (Å²) in [5.74, 6) is 0.862. The Kier molecular flexibility index (Phi) is 4.56. The molecule has 0 saturated heterocycles. The second-order valence-corrected chi connectivity index (χ2v) is 5.52. The minimum absolute atomic E-state index is 0.470. The van der Waals surface area contributed by atoms with E-state index in [-0.39, 0.29) is 0 Å². The predicted octanol–water partition coefficient (Wildman–Crippen LogP) is 3.53. The van der Waals surface area contributed by atoms with Gasteiger partial charge in [-0.25, -0.2) is 4.98 Å². The second-order valence-electron chi connectivity index (χ2n) is 4.61. The molecule has 0 saturated carbocycles. The molecule has 0 spiro atoms. The molecule has 19 heavy (non-hydrogen) atoms. The number of aliphatic hydroxyl groups excluding tert-OH is 1. The van der Waals surface area contributed by atoms with Crippen LogP contribution in [0.4, 0.5) is 5.82 Å². The van der Waals surface area contributed by atoms with E-state index in [1.165, 1.54) is 5.56 Å². The molecule has 1 N–H and O–H groups in total. The fourth-order valence-corrected chi connectivity index (χ4v) is 2.11. The Hall–Kier alpha value is -1.39. The number of pyridine rings is 1. The van der Waals surface area contributed by atoms with E-state index in [1.807, 2.05) is 31.3 Å². The van der Waals surface area contributed by atoms with Gasteiger partial charge in [0.05, 0.1) is 6.10 Å². The number of rotatable bonds is 4. The Bertz CT molecular complexity index is 540. The van der Waals surface area contributed by atoms with Crippen LogP contribution in [0.3, 0.4) is 0 Å². The number of aromatic nitrogens is 1. The van der Waals surface area contributed by atoms with Crippen LogP contribution < -0.4 is 4.90 Å². The Morgan fingerprint density at radius 3 is 2.58 bits per heavy atom. The summed E-state index contributed by atoms with van der Waals surface area (Å²) in [6.07, 6.45) is 1.26. The van der Waals surface area contributed by atoms with Crippen LogP contribution >= 0.6 is 15.9 Å². The number of halogens is 1. The zero-order chi connectivity index (χ0) is 13.8. The molecule has 0 fully saturated rings. The van der Waals surface area contributed by atoms with Crippen molar-refractivity contribution in [2.45, 2.75) is 19.6 Å². The normalized spacial score (nSPS) is 12.2. The quantitative estimate of drug-likeness (QED) is 0.936. The van der Waals surface area contributed by atoms with Crippen molar-refractivity contribution in [1.29, 1.82) is 0 Å². The number of nitrogens with zero attached hydrogens (tertiary/aromatic N) is 2. The smallest absolute Gasteiger partial charge is 0.128 e. The van der Waals surface area contributed by atoms with Gasteiger partial charge in [-0.05, 0) is 42.3 Å². The highest BCUT2D eigenvalue weighted by atomic mass is 79.9. The molecule has 1 aromatic carbocycles. The molecule has 1 aromatic heterocycles. The molecule has 0 bridgehead atoms. The van der Waals surface area contributed by atoms with Crippen molar-refractivity contribution < 1.29 is 5.11 Å². The zero-order valence-electron chi connectivity index (χ0n) is 11.0. The number of hydrogen-bond donors (Lipinski definition) is 1. The van der Waals surface area contributed by atoms with Crippen LogP contribution in [0.1, 0.15) is 24.2 Å². The van der Waals surface area contributed by atoms with Gasteiger partial charge in [-0.2, -0.15) is 0 Å². The van der Waals surface area contributed by atoms with Crippen LogP contribution in [0, 0.1) is 0 Å². The molecular weight excluding hydrogens is 304 g/mol. The van der Waals surface area contributed by atoms with E-state index in [9.17, 15) is 5.11 Å². The number of benzene rings is 1. The summed E-state index contributed by atoms with van der Waals surface area (Å²) in [4.78, 5) is 6.41. The molecule has 0 radical (unpaired) electrons. The summed E-state index contributed by atoms with van der Waals surface area (Å²) in [5.41, 5.74) is 2.10. The minimum Gasteiger partial charge on any atom is -0.389 e. The van der Waals surface area contributed by atoms with Crippen LogP contribution in [0.2, 0.25) is 0 Å². The molecule has 0 aliphatic heterocycles. The first-order valence-electron chi connectivity index (χ1n) is 6.16. The summed E-state index contributed by atoms with van der Waals surface area (Å²) in [6.45, 7) is 2.54. The SMILES string of the molecule is C[C@@H](O)c1ccnc(N(C)Cc2ccc(Br)cc2)c1. The summed E-state index contributed by atoms with van der Waals surface area (Å²) >= 11 is 3.43. The molecule has 2 aromatic rings. The highest BCUT2D eigenvalue weighted by Gasteiger charge is 2.07. The molecule has 0 aliphatic carbocycles. The van der Waals surface area contributed by atoms with Crippen LogP contribution in [0.25, 0.3) is 0 Å². The first kappa shape index (κ1) is 14.0. The van der Waals surface area contributed by atoms with Gasteiger partial charge in [-0.3, -0.25) is 0 Å². The lowest BCUT2D eigenvalue weighted by Gasteiger charge is -2.19. The molecule has 1 heterocycles. The topological polar surface area (TPSA) is 36.4 Å². The van der Waals surface area contributed by atoms with Crippen molar-refractivity contribution in [1.82, 2.24) is 4.98 Å². The molecule has 0 aliphatic rings. The first-order chi connectivity index (χ1) is 9.06. The van der Waals surface area contributed by atoms with Gasteiger partial charge in [-0.15, -0.1) is 0 Å². The molecule has 0 amide bonds. The van der Waals surface area contributed by atoms with Crippen molar-refractivity contribution in [3.8, 4) is 0 Å². The third-order valence-corrected chi connectivity index (χ3v) is 3.50. The first-order valence-corrected chi connectivity index (χ1v) is 6.95. The largest absolute Gasteiger partial charge is 0.389 e. The molecule has 100 valence electrons. The van der Waals surface area contributed by atoms with Crippen LogP contribution in [0.5, 0.6) is 0 Å². The Balaban J connectivity index is 2.13. The number of anilines is 1. The fourth-order valence-electron chi connectivity index (χ4n) is 1.85. The maximum Gasteiger partial charge on any atom is 0.128 e. The molecule has 0 unspecified atom stereocenters. The number of aliphatic hydroxyl groups is 1. The standard InChI is InChI=1S/C15H17BrN2O/c1-11(19)13-7-8-17-15(9-13)18(2)10-12-3-5-14(16)6-4-12/h3-9,11,19H,10H2,1-2H3/t11-/m1/s1. The van der Waals surface area contributed by atoms with Crippen molar-refractivity contribution in [2.24, 2.45) is 0 Å². The van der Waals surface area contributed by atoms with Crippen LogP contribution in [-0.2, 0) is 6.54 Å². The summed E-state index contributed by atoms with van der Waals surface area (Å²) < 4.78 is 1.08. The molecule has 2 rings (SSSR count). The zero-order valence-corrected chi connectivity index (χ0v) is 12.6. The van der Waals surface area contributed by atoms with E-state index in [1.54, 1.807) is 13.1 Å². The van der Waals surface area contributed by atoms with E-state index in [0.717, 1.165) is 22.4 Å². The van der Waals surface area contributed by atoms with Gasteiger partial charge in [0.1, 0.15) is 5.82 Å². The lowest BCUT2D eigenvalue weighted by atomic mass is 10.1. The van der Waals surface area contributed by atoms with Gasteiger partial charge in [0.25, 0.3) is 0 Å². The summed E-state index contributed by atoms with van der Waals surface area (Å²) in [6, 6.07) is 12.0. The van der Waals surface area contributed by atoms with E-state index >= 15 is 0 Å². The third kappa shape index (κ3) is 3.78. The maximum atomic E-state index is 9.60. The average Bonchev–Trinajstić information content (AvgIpc) is 2.41. The molecular formula is C15H17BrN2O. The van der Waals surface area contributed by atoms with Crippen molar-refractivity contribution in [2.75, 3.05) is 11.9 Å². The second kappa shape index (κ2) is 6.17. The lowest BCUT2D eigenvalue weighted by molar-refractivity contribution is 0.199. The van der Waals surface area contributed by atoms with Crippen LogP contribution in [0.15, 0.2) is 47.1 Å². The van der Waals surface area contributed by atoms with E-state index in [2.05, 4.69) is 37.9 Å². The maximum absolute atomic E-state index is 9.60. The Labute approximate surface area is 122 Å². The van der Waals surface area contributed by atoms with Gasteiger partial charge in [0, 0.05) is 24.3 Å². The van der Waals surface area contributed by atoms with Crippen molar-refractivity contribution in [3.63, 3.8) is 0 Å². The Morgan fingerprint density at radius 1 is 1.26 bits per heavy atom. The minimum atomic E-state index is -0.470. The van der Waals surface area contributed by atoms with E-state index in [0.29, 0.717) is 0 Å². The predicted molar refractivity (Wildman–Crippen MR) is 81.1 cm³/mol. The Morgan fingerprint density at radius 2 is 1.95 bits per heavy atom. The summed E-state index contributed by atoms with van der Waals surface area (Å²) in [7, 11) is 2.00. The summed E-state index contributed by atoms with van der Waals surface area (Å²) in [5, 5.41) is 9.60. The molecule has 3 nitrogen and oxygen atoms in total. The van der Waals surface area contributed by atoms with Gasteiger partial charge in [-0.1, -0.05) is 28.1 Å². The monoisotopic (exact) mass is 320 g/mol. The van der Waals surface area contributed by atoms with E-state index in [4.69, 9.17) is 0 Å². The van der Waals surface area contributed by atoms with Crippen molar-refractivity contribution >= 4 is 21.7 Å². The lowest BCUT2D eigenvalue weighted by Crippen LogP contribution is -2.17. The fraction of sp³-hybridized carbons (Fsp3) is 0.267. The third-order valence-electron chi connectivity index (χ3n) is 2.98. The van der Waals surface area contributed by atoms with Crippen LogP contribution in [-0.4, -0.2) is 17.1 Å². The molecule has 4 heteroatoms. The highest BCUT2D eigenvalue weighted by molar-refractivity contribution is 9.10. The number of hydrogen-bond acceptors (Lipinski definition) is 3. The van der Waals surface area contributed by atoms with Gasteiger partial charge < -0.3 is 10.0 Å². The van der Waals surface area contributed by atoms with Gasteiger partial charge >= 0.3 is 0 Å². The van der Waals surface area contributed by atoms with Crippen molar-refractivity contribution in [3.05, 3.63) is 58.2 Å². The van der Waals surface area contributed by atoms with E-state index < -0.39 is 6.10 Å². The highest BCUT2D eigenvalue weighted by Crippen LogP contribution is 2.19. The van der Waals surface area contributed by atoms with Gasteiger partial charge in [0.15, 0.2) is 0 Å². The van der Waals surface area contributed by atoms with Gasteiger partial charge in [0.2, 0.25) is 0 Å². The average molecular weight is 321 g/mol. The molecule has 1 atom stereocenters.